The van der Waals surface area contributed by atoms with E-state index in [1.54, 1.807) is 0 Å². The van der Waals surface area contributed by atoms with Crippen LogP contribution >= 0.6 is 0 Å². The lowest BCUT2D eigenvalue weighted by Crippen LogP contribution is -2.08. The summed E-state index contributed by atoms with van der Waals surface area (Å²) in [4.78, 5) is 14.1. The molecule has 0 saturated carbocycles. The zero-order valence-electron chi connectivity index (χ0n) is 10.5. The first-order chi connectivity index (χ1) is 9.31. The number of carbonyl (C=O) groups excluding carboxylic acids is 1. The van der Waals surface area contributed by atoms with Crippen LogP contribution in [0.4, 0.5) is 0 Å². The minimum atomic E-state index is 0.211. The largest absolute Gasteiger partial charge is 0.491 e. The Bertz CT molecular complexity index is 510. The monoisotopic (exact) mass is 261 g/mol. The van der Waals surface area contributed by atoms with Crippen molar-refractivity contribution in [1.82, 2.24) is 0 Å². The third-order valence-electron chi connectivity index (χ3n) is 2.89. The van der Waals surface area contributed by atoms with Crippen LogP contribution in [0.25, 0.3) is 10.4 Å². The molecule has 2 rings (SSSR count). The first kappa shape index (κ1) is 13.4. The summed E-state index contributed by atoms with van der Waals surface area (Å²) in [7, 11) is 0. The van der Waals surface area contributed by atoms with E-state index in [0.717, 1.165) is 23.3 Å². The lowest BCUT2D eigenvalue weighted by Gasteiger charge is -2.08. The maximum atomic E-state index is 11.5. The molecule has 0 aliphatic heterocycles. The minimum Gasteiger partial charge on any atom is -0.491 e. The molecule has 6 nitrogen and oxygen atoms in total. The number of azide groups is 1. The molecule has 0 radical (unpaired) electrons. The second kappa shape index (κ2) is 6.78. The molecule has 0 heterocycles. The van der Waals surface area contributed by atoms with Gasteiger partial charge in [-0.25, -0.2) is 0 Å². The van der Waals surface area contributed by atoms with Crippen LogP contribution < -0.4 is 4.74 Å². The fourth-order valence-corrected chi connectivity index (χ4v) is 1.99. The van der Waals surface area contributed by atoms with Gasteiger partial charge < -0.3 is 9.47 Å². The van der Waals surface area contributed by atoms with E-state index in [1.165, 1.54) is 0 Å². The van der Waals surface area contributed by atoms with Crippen molar-refractivity contribution in [2.45, 2.75) is 12.8 Å². The Hall–Kier alpha value is -2.04. The molecule has 0 bridgehead atoms. The number of nitrogens with zero attached hydrogens (tertiary/aromatic N) is 3. The van der Waals surface area contributed by atoms with E-state index in [-0.39, 0.29) is 5.78 Å². The highest BCUT2D eigenvalue weighted by Gasteiger charge is 2.19. The maximum absolute atomic E-state index is 11.5. The third-order valence-corrected chi connectivity index (χ3v) is 2.89. The number of ketones is 1. The van der Waals surface area contributed by atoms with Crippen LogP contribution in [0.15, 0.2) is 23.3 Å². The Kier molecular flexibility index (Phi) is 4.78. The summed E-state index contributed by atoms with van der Waals surface area (Å²) < 4.78 is 10.8. The van der Waals surface area contributed by atoms with Gasteiger partial charge in [0.25, 0.3) is 0 Å². The maximum Gasteiger partial charge on any atom is 0.163 e. The van der Waals surface area contributed by atoms with Gasteiger partial charge in [-0.15, -0.1) is 0 Å². The molecule has 1 aromatic carbocycles. The molecule has 0 aromatic heterocycles. The van der Waals surface area contributed by atoms with Crippen LogP contribution in [0.3, 0.4) is 0 Å². The smallest absolute Gasteiger partial charge is 0.163 e. The second-order valence-corrected chi connectivity index (χ2v) is 4.16. The molecule has 0 unspecified atom stereocenters. The van der Waals surface area contributed by atoms with Crippen molar-refractivity contribution in [3.63, 3.8) is 0 Å². The fourth-order valence-electron chi connectivity index (χ4n) is 1.99. The van der Waals surface area contributed by atoms with Gasteiger partial charge in [-0.05, 0) is 35.7 Å². The summed E-state index contributed by atoms with van der Waals surface area (Å²) in [6.07, 6.45) is 1.40. The first-order valence-electron chi connectivity index (χ1n) is 6.19. The number of carbonyl (C=O) groups is 1. The van der Waals surface area contributed by atoms with Gasteiger partial charge in [0.05, 0.1) is 13.2 Å². The van der Waals surface area contributed by atoms with E-state index in [2.05, 4.69) is 10.0 Å². The highest BCUT2D eigenvalue weighted by atomic mass is 16.5. The van der Waals surface area contributed by atoms with Crippen molar-refractivity contribution in [3.05, 3.63) is 39.8 Å². The normalized spacial score (nSPS) is 12.9. The van der Waals surface area contributed by atoms with Crippen LogP contribution in [0.5, 0.6) is 5.75 Å². The summed E-state index contributed by atoms with van der Waals surface area (Å²) in [6.45, 7) is 1.60. The Morgan fingerprint density at radius 3 is 3.00 bits per heavy atom. The Labute approximate surface area is 111 Å². The zero-order valence-corrected chi connectivity index (χ0v) is 10.5. The van der Waals surface area contributed by atoms with Crippen LogP contribution in [0.1, 0.15) is 22.3 Å². The summed E-state index contributed by atoms with van der Waals surface area (Å²) >= 11 is 0. The van der Waals surface area contributed by atoms with Crippen molar-refractivity contribution in [3.8, 4) is 5.75 Å². The number of ether oxygens (including phenoxy) is 2. The Balaban J connectivity index is 1.72. The highest BCUT2D eigenvalue weighted by Crippen LogP contribution is 2.25. The van der Waals surface area contributed by atoms with Crippen molar-refractivity contribution < 1.29 is 14.3 Å². The SMILES string of the molecule is [N-]=[N+]=NCCOCCOc1ccc2c(c1)CCC2=O. The van der Waals surface area contributed by atoms with Crippen LogP contribution in [-0.2, 0) is 11.2 Å². The van der Waals surface area contributed by atoms with E-state index < -0.39 is 0 Å². The molecule has 0 N–H and O–H groups in total. The van der Waals surface area contributed by atoms with Gasteiger partial charge in [0.1, 0.15) is 12.4 Å². The van der Waals surface area contributed by atoms with Gasteiger partial charge >= 0.3 is 0 Å². The third kappa shape index (κ3) is 3.71. The molecule has 0 atom stereocenters. The number of aryl methyl sites for hydroxylation is 1. The Morgan fingerprint density at radius 1 is 1.26 bits per heavy atom. The van der Waals surface area contributed by atoms with E-state index in [1.807, 2.05) is 18.2 Å². The zero-order chi connectivity index (χ0) is 13.5. The van der Waals surface area contributed by atoms with Gasteiger partial charge in [0, 0.05) is 23.4 Å². The lowest BCUT2D eigenvalue weighted by molar-refractivity contribution is 0.0994. The molecule has 19 heavy (non-hydrogen) atoms. The molecule has 0 spiro atoms. The van der Waals surface area contributed by atoms with Gasteiger partial charge in [-0.3, -0.25) is 4.79 Å². The number of fused-ring (bicyclic) bond motifs is 1. The van der Waals surface area contributed by atoms with E-state index in [4.69, 9.17) is 15.0 Å². The molecule has 0 saturated heterocycles. The minimum absolute atomic E-state index is 0.211. The van der Waals surface area contributed by atoms with Crippen molar-refractivity contribution in [2.75, 3.05) is 26.4 Å². The van der Waals surface area contributed by atoms with Crippen LogP contribution in [0, 0.1) is 0 Å². The Morgan fingerprint density at radius 2 is 2.16 bits per heavy atom. The number of Topliss-reactive ketones (excluding diaryl/α,β-unsaturated/α-hetero) is 1. The summed E-state index contributed by atoms with van der Waals surface area (Å²) in [5.74, 6) is 0.968. The summed E-state index contributed by atoms with van der Waals surface area (Å²) in [5, 5.41) is 3.36. The second-order valence-electron chi connectivity index (χ2n) is 4.16. The fraction of sp³-hybridized carbons (Fsp3) is 0.462. The predicted octanol–water partition coefficient (Wildman–Crippen LogP) is 2.52. The molecule has 1 aliphatic carbocycles. The molecule has 100 valence electrons. The van der Waals surface area contributed by atoms with Gasteiger partial charge in [0.2, 0.25) is 0 Å². The predicted molar refractivity (Wildman–Crippen MR) is 69.4 cm³/mol. The molecular formula is C13H15N3O3. The number of rotatable bonds is 7. The van der Waals surface area contributed by atoms with E-state index in [0.29, 0.717) is 32.8 Å². The van der Waals surface area contributed by atoms with Crippen molar-refractivity contribution in [2.24, 2.45) is 5.11 Å². The van der Waals surface area contributed by atoms with Crippen LogP contribution in [-0.4, -0.2) is 32.1 Å². The van der Waals surface area contributed by atoms with Crippen molar-refractivity contribution in [1.29, 1.82) is 0 Å². The highest BCUT2D eigenvalue weighted by molar-refractivity contribution is 6.00. The quantitative estimate of drug-likeness (QED) is 0.327. The van der Waals surface area contributed by atoms with E-state index >= 15 is 0 Å². The molecule has 1 aliphatic rings. The van der Waals surface area contributed by atoms with Gasteiger partial charge in [0.15, 0.2) is 5.78 Å². The van der Waals surface area contributed by atoms with Gasteiger partial charge in [-0.2, -0.15) is 0 Å². The molecular weight excluding hydrogens is 246 g/mol. The van der Waals surface area contributed by atoms with Crippen LogP contribution in [0.2, 0.25) is 0 Å². The topological polar surface area (TPSA) is 84.3 Å². The first-order valence-corrected chi connectivity index (χ1v) is 6.19. The molecule has 0 fully saturated rings. The number of benzene rings is 1. The average Bonchev–Trinajstić information content (AvgIpc) is 2.79. The average molecular weight is 261 g/mol. The number of hydrogen-bond donors (Lipinski definition) is 0. The molecule has 0 amide bonds. The molecule has 6 heteroatoms. The summed E-state index contributed by atoms with van der Waals surface area (Å²) in [5.41, 5.74) is 9.95. The van der Waals surface area contributed by atoms with E-state index in [9.17, 15) is 4.79 Å². The lowest BCUT2D eigenvalue weighted by atomic mass is 10.1. The number of hydrogen-bond acceptors (Lipinski definition) is 4. The van der Waals surface area contributed by atoms with Crippen molar-refractivity contribution >= 4 is 5.78 Å². The standard InChI is InChI=1S/C13H15N3O3/c14-16-15-5-6-18-7-8-19-11-2-3-12-10(9-11)1-4-13(12)17/h2-3,9H,1,4-8H2. The van der Waals surface area contributed by atoms with Gasteiger partial charge in [-0.1, -0.05) is 5.11 Å². The summed E-state index contributed by atoms with van der Waals surface area (Å²) in [6, 6.07) is 5.55. The molecule has 1 aromatic rings.